The number of rotatable bonds is 3. The van der Waals surface area contributed by atoms with Gasteiger partial charge in [-0.2, -0.15) is 13.2 Å². The van der Waals surface area contributed by atoms with Crippen LogP contribution in [-0.2, 0) is 15.6 Å². The molecule has 1 atom stereocenters. The Kier molecular flexibility index (Phi) is 3.85. The minimum Gasteiger partial charge on any atom is -0.325 e. The average Bonchev–Trinajstić information content (AvgIpc) is 2.94. The smallest absolute Gasteiger partial charge is 0.325 e. The molecule has 0 saturated carbocycles. The summed E-state index contributed by atoms with van der Waals surface area (Å²) in [6.45, 7) is 0. The molecule has 0 aromatic carbocycles. The number of hydrazine groups is 1. The first-order valence-electron chi connectivity index (χ1n) is 5.81. The standard InChI is InChI=1S/C11H14F3N3O2S2/c1-16(2)21(18,19)9-5-4-8(20-9)10(11(12,13)14)6-7-15-17(10)3/h4-7,15H,1-3H3. The van der Waals surface area contributed by atoms with E-state index in [2.05, 4.69) is 5.43 Å². The van der Waals surface area contributed by atoms with Crippen LogP contribution in [0.2, 0.25) is 0 Å². The highest BCUT2D eigenvalue weighted by Gasteiger charge is 2.60. The Bertz CT molecular complexity index is 666. The van der Waals surface area contributed by atoms with Crippen molar-refractivity contribution in [1.82, 2.24) is 14.7 Å². The zero-order chi connectivity index (χ0) is 16.1. The van der Waals surface area contributed by atoms with Crippen LogP contribution in [-0.4, -0.2) is 45.1 Å². The molecule has 1 aromatic rings. The van der Waals surface area contributed by atoms with Crippen molar-refractivity contribution in [2.24, 2.45) is 0 Å². The number of halogens is 3. The fourth-order valence-corrected chi connectivity index (χ4v) is 4.70. The maximum atomic E-state index is 13.5. The Hall–Kier alpha value is -1.10. The fraction of sp³-hybridized carbons (Fsp3) is 0.455. The number of thiophene rings is 1. The lowest BCUT2D eigenvalue weighted by Gasteiger charge is -2.35. The quantitative estimate of drug-likeness (QED) is 0.910. The van der Waals surface area contributed by atoms with Gasteiger partial charge in [0.2, 0.25) is 0 Å². The molecule has 1 aliphatic rings. The van der Waals surface area contributed by atoms with E-state index in [1.165, 1.54) is 39.5 Å². The molecule has 0 radical (unpaired) electrons. The maximum Gasteiger partial charge on any atom is 0.417 e. The molecular formula is C11H14F3N3O2S2. The average molecular weight is 341 g/mol. The molecule has 1 aliphatic heterocycles. The van der Waals surface area contributed by atoms with E-state index in [9.17, 15) is 21.6 Å². The molecule has 2 heterocycles. The number of sulfonamides is 1. The van der Waals surface area contributed by atoms with E-state index in [4.69, 9.17) is 0 Å². The summed E-state index contributed by atoms with van der Waals surface area (Å²) in [7, 11) is 0.165. The zero-order valence-electron chi connectivity index (χ0n) is 11.5. The summed E-state index contributed by atoms with van der Waals surface area (Å²) in [6.07, 6.45) is -2.43. The molecule has 0 saturated heterocycles. The van der Waals surface area contributed by atoms with Gasteiger partial charge in [0.05, 0.1) is 0 Å². The predicted octanol–water partition coefficient (Wildman–Crippen LogP) is 1.72. The van der Waals surface area contributed by atoms with Crippen LogP contribution in [0.4, 0.5) is 13.2 Å². The van der Waals surface area contributed by atoms with Crippen molar-refractivity contribution in [3.05, 3.63) is 29.3 Å². The number of likely N-dealkylation sites (N-methyl/N-ethyl adjacent to an activating group) is 1. The topological polar surface area (TPSA) is 52.7 Å². The summed E-state index contributed by atoms with van der Waals surface area (Å²) in [5, 5.41) is 0.908. The van der Waals surface area contributed by atoms with Crippen molar-refractivity contribution in [1.29, 1.82) is 0 Å². The molecule has 21 heavy (non-hydrogen) atoms. The van der Waals surface area contributed by atoms with Crippen molar-refractivity contribution < 1.29 is 21.6 Å². The number of hydrogen-bond acceptors (Lipinski definition) is 5. The minimum atomic E-state index is -4.59. The number of nitrogens with one attached hydrogen (secondary N) is 1. The van der Waals surface area contributed by atoms with Gasteiger partial charge in [0.15, 0.2) is 5.54 Å². The first-order chi connectivity index (χ1) is 9.53. The summed E-state index contributed by atoms with van der Waals surface area (Å²) in [5.74, 6) is 0. The zero-order valence-corrected chi connectivity index (χ0v) is 13.1. The van der Waals surface area contributed by atoms with Gasteiger partial charge in [0.25, 0.3) is 10.0 Å². The van der Waals surface area contributed by atoms with Gasteiger partial charge >= 0.3 is 6.18 Å². The maximum absolute atomic E-state index is 13.5. The van der Waals surface area contributed by atoms with Gasteiger partial charge in [-0.15, -0.1) is 11.3 Å². The van der Waals surface area contributed by atoms with E-state index >= 15 is 0 Å². The van der Waals surface area contributed by atoms with Crippen LogP contribution in [0.3, 0.4) is 0 Å². The summed E-state index contributed by atoms with van der Waals surface area (Å²) in [6, 6.07) is 2.39. The Morgan fingerprint density at radius 1 is 1.33 bits per heavy atom. The van der Waals surface area contributed by atoms with E-state index in [0.29, 0.717) is 11.3 Å². The lowest BCUT2D eigenvalue weighted by Crippen LogP contribution is -2.53. The second-order valence-electron chi connectivity index (χ2n) is 4.69. The van der Waals surface area contributed by atoms with E-state index in [0.717, 1.165) is 15.4 Å². The summed E-state index contributed by atoms with van der Waals surface area (Å²) < 4.78 is 65.4. The second kappa shape index (κ2) is 4.97. The lowest BCUT2D eigenvalue weighted by molar-refractivity contribution is -0.216. The molecule has 118 valence electrons. The molecule has 2 rings (SSSR count). The van der Waals surface area contributed by atoms with Crippen LogP contribution in [0, 0.1) is 0 Å². The monoisotopic (exact) mass is 341 g/mol. The van der Waals surface area contributed by atoms with Crippen LogP contribution in [0.25, 0.3) is 0 Å². The van der Waals surface area contributed by atoms with Gasteiger partial charge in [-0.3, -0.25) is 0 Å². The highest BCUT2D eigenvalue weighted by atomic mass is 32.2. The molecule has 0 spiro atoms. The van der Waals surface area contributed by atoms with Crippen LogP contribution in [0.15, 0.2) is 28.6 Å². The number of alkyl halides is 3. The third-order valence-electron chi connectivity index (χ3n) is 3.25. The molecule has 0 fully saturated rings. The Morgan fingerprint density at radius 2 is 1.95 bits per heavy atom. The Morgan fingerprint density at radius 3 is 2.38 bits per heavy atom. The van der Waals surface area contributed by atoms with E-state index in [1.54, 1.807) is 0 Å². The minimum absolute atomic E-state index is 0.112. The summed E-state index contributed by atoms with van der Waals surface area (Å²) >= 11 is 0.612. The van der Waals surface area contributed by atoms with Crippen molar-refractivity contribution in [3.63, 3.8) is 0 Å². The number of nitrogens with zero attached hydrogens (tertiary/aromatic N) is 2. The van der Waals surface area contributed by atoms with Crippen molar-refractivity contribution in [2.75, 3.05) is 21.1 Å². The molecular weight excluding hydrogens is 327 g/mol. The molecule has 0 amide bonds. The molecule has 1 unspecified atom stereocenters. The van der Waals surface area contributed by atoms with E-state index in [1.807, 2.05) is 0 Å². The molecule has 10 heteroatoms. The molecule has 1 N–H and O–H groups in total. The van der Waals surface area contributed by atoms with E-state index < -0.39 is 21.7 Å². The first kappa shape index (κ1) is 16.3. The highest BCUT2D eigenvalue weighted by Crippen LogP contribution is 2.48. The molecule has 1 aromatic heterocycles. The van der Waals surface area contributed by atoms with Crippen molar-refractivity contribution >= 4 is 21.4 Å². The second-order valence-corrected chi connectivity index (χ2v) is 8.15. The van der Waals surface area contributed by atoms with Crippen LogP contribution >= 0.6 is 11.3 Å². The Balaban J connectivity index is 2.56. The Labute approximate surface area is 124 Å². The van der Waals surface area contributed by atoms with Crippen LogP contribution in [0.5, 0.6) is 0 Å². The lowest BCUT2D eigenvalue weighted by atomic mass is 9.97. The first-order valence-corrected chi connectivity index (χ1v) is 8.06. The molecule has 5 nitrogen and oxygen atoms in total. The van der Waals surface area contributed by atoms with Gasteiger partial charge in [-0.1, -0.05) is 0 Å². The SMILES string of the molecule is CN1NC=CC1(c1ccc(S(=O)(=O)N(C)C)s1)C(F)(F)F. The fourth-order valence-electron chi connectivity index (χ4n) is 2.00. The van der Waals surface area contributed by atoms with Gasteiger partial charge in [-0.25, -0.2) is 17.7 Å². The van der Waals surface area contributed by atoms with E-state index in [-0.39, 0.29) is 9.09 Å². The third-order valence-corrected chi connectivity index (χ3v) is 6.74. The van der Waals surface area contributed by atoms with Gasteiger partial charge < -0.3 is 5.43 Å². The summed E-state index contributed by atoms with van der Waals surface area (Å²) in [4.78, 5) is -0.112. The van der Waals surface area contributed by atoms with Crippen LogP contribution in [0.1, 0.15) is 4.88 Å². The predicted molar refractivity (Wildman–Crippen MR) is 73.0 cm³/mol. The van der Waals surface area contributed by atoms with Gasteiger partial charge in [0.1, 0.15) is 4.21 Å². The van der Waals surface area contributed by atoms with Gasteiger partial charge in [-0.05, 0) is 18.2 Å². The van der Waals surface area contributed by atoms with Gasteiger partial charge in [0, 0.05) is 32.2 Å². The van der Waals surface area contributed by atoms with Crippen LogP contribution < -0.4 is 5.43 Å². The third kappa shape index (κ3) is 2.35. The normalized spacial score (nSPS) is 23.8. The summed E-state index contributed by atoms with van der Waals surface area (Å²) in [5.41, 5.74) is 0.102. The highest BCUT2D eigenvalue weighted by molar-refractivity contribution is 7.91. The largest absolute Gasteiger partial charge is 0.417 e. The molecule has 0 bridgehead atoms. The van der Waals surface area contributed by atoms with Crippen molar-refractivity contribution in [2.45, 2.75) is 15.9 Å². The molecule has 0 aliphatic carbocycles. The number of hydrogen-bond donors (Lipinski definition) is 1. The van der Waals surface area contributed by atoms with Crippen molar-refractivity contribution in [3.8, 4) is 0 Å².